The molecule has 148 valence electrons. The highest BCUT2D eigenvalue weighted by atomic mass is 35.5. The van der Waals surface area contributed by atoms with Gasteiger partial charge in [0.15, 0.2) is 0 Å². The number of sulfonamides is 1. The minimum atomic E-state index is -3.86. The van der Waals surface area contributed by atoms with E-state index in [9.17, 15) is 18.0 Å². The molecule has 2 N–H and O–H groups in total. The summed E-state index contributed by atoms with van der Waals surface area (Å²) in [7, 11) is -2.43. The number of rotatable bonds is 5. The summed E-state index contributed by atoms with van der Waals surface area (Å²) in [4.78, 5) is 24.1. The summed E-state index contributed by atoms with van der Waals surface area (Å²) in [6.45, 7) is 0.200. The van der Waals surface area contributed by atoms with E-state index >= 15 is 0 Å². The van der Waals surface area contributed by atoms with E-state index in [1.54, 1.807) is 18.2 Å². The summed E-state index contributed by atoms with van der Waals surface area (Å²) in [5.41, 5.74) is 0.505. The Bertz CT molecular complexity index is 1030. The van der Waals surface area contributed by atoms with Crippen LogP contribution < -0.4 is 15.4 Å². The Hall–Kier alpha value is -2.62. The van der Waals surface area contributed by atoms with Crippen LogP contribution in [0.5, 0.6) is 5.75 Å². The van der Waals surface area contributed by atoms with Gasteiger partial charge in [0.1, 0.15) is 5.75 Å². The number of anilines is 1. The normalized spacial score (nSPS) is 15.0. The first-order chi connectivity index (χ1) is 13.3. The van der Waals surface area contributed by atoms with Crippen LogP contribution in [0.4, 0.5) is 5.69 Å². The molecule has 0 aliphatic carbocycles. The van der Waals surface area contributed by atoms with Gasteiger partial charge in [-0.3, -0.25) is 9.59 Å². The second kappa shape index (κ2) is 8.17. The quantitative estimate of drug-likeness (QED) is 0.761. The van der Waals surface area contributed by atoms with Crippen molar-refractivity contribution < 1.29 is 22.7 Å². The molecular formula is C18H18ClN3O5S. The van der Waals surface area contributed by atoms with Gasteiger partial charge in [0.05, 0.1) is 24.1 Å². The summed E-state index contributed by atoms with van der Waals surface area (Å²) < 4.78 is 31.8. The van der Waals surface area contributed by atoms with Crippen LogP contribution in [0.1, 0.15) is 10.4 Å². The van der Waals surface area contributed by atoms with Crippen molar-refractivity contribution in [2.75, 3.05) is 32.1 Å². The number of carbonyl (C=O) groups excluding carboxylic acids is 2. The number of halogens is 1. The van der Waals surface area contributed by atoms with Crippen LogP contribution in [0.3, 0.4) is 0 Å². The minimum Gasteiger partial charge on any atom is -0.496 e. The van der Waals surface area contributed by atoms with Crippen molar-refractivity contribution in [3.8, 4) is 5.75 Å². The summed E-state index contributed by atoms with van der Waals surface area (Å²) in [6, 6.07) is 10.5. The van der Waals surface area contributed by atoms with Gasteiger partial charge in [-0.05, 0) is 36.4 Å². The Balaban J connectivity index is 1.85. The smallest absolute Gasteiger partial charge is 0.259 e. The number of carbonyl (C=O) groups is 2. The number of methoxy groups -OCH3 is 1. The fourth-order valence-corrected chi connectivity index (χ4v) is 4.38. The van der Waals surface area contributed by atoms with E-state index in [1.807, 2.05) is 0 Å². The Morgan fingerprint density at radius 2 is 2.04 bits per heavy atom. The molecule has 1 saturated heterocycles. The van der Waals surface area contributed by atoms with Gasteiger partial charge in [0, 0.05) is 23.8 Å². The molecular weight excluding hydrogens is 406 g/mol. The number of hydrogen-bond donors (Lipinski definition) is 2. The highest BCUT2D eigenvalue weighted by Gasteiger charge is 2.29. The van der Waals surface area contributed by atoms with Gasteiger partial charge in [-0.25, -0.2) is 8.42 Å². The molecule has 2 aromatic rings. The van der Waals surface area contributed by atoms with Crippen LogP contribution >= 0.6 is 11.6 Å². The molecule has 0 aromatic heterocycles. The largest absolute Gasteiger partial charge is 0.496 e. The van der Waals surface area contributed by atoms with E-state index in [4.69, 9.17) is 16.3 Å². The van der Waals surface area contributed by atoms with Crippen LogP contribution in [-0.4, -0.2) is 51.3 Å². The lowest BCUT2D eigenvalue weighted by Gasteiger charge is -2.26. The topological polar surface area (TPSA) is 105 Å². The highest BCUT2D eigenvalue weighted by Crippen LogP contribution is 2.25. The minimum absolute atomic E-state index is 0.0157. The molecule has 28 heavy (non-hydrogen) atoms. The molecule has 0 unspecified atom stereocenters. The Kier molecular flexibility index (Phi) is 5.87. The molecule has 1 heterocycles. The van der Waals surface area contributed by atoms with Crippen molar-refractivity contribution in [3.05, 3.63) is 53.1 Å². The van der Waals surface area contributed by atoms with Gasteiger partial charge in [0.25, 0.3) is 5.91 Å². The van der Waals surface area contributed by atoms with Gasteiger partial charge in [-0.1, -0.05) is 17.7 Å². The zero-order valence-electron chi connectivity index (χ0n) is 14.9. The molecule has 0 radical (unpaired) electrons. The molecule has 3 rings (SSSR count). The van der Waals surface area contributed by atoms with Gasteiger partial charge in [-0.15, -0.1) is 0 Å². The third-order valence-corrected chi connectivity index (χ3v) is 6.22. The summed E-state index contributed by atoms with van der Waals surface area (Å²) >= 11 is 5.95. The van der Waals surface area contributed by atoms with Crippen LogP contribution in [-0.2, 0) is 14.8 Å². The first-order valence-corrected chi connectivity index (χ1v) is 10.1. The van der Waals surface area contributed by atoms with E-state index in [0.29, 0.717) is 10.8 Å². The molecule has 1 fully saturated rings. The van der Waals surface area contributed by atoms with Crippen molar-refractivity contribution in [1.82, 2.24) is 9.62 Å². The number of nitrogens with zero attached hydrogens (tertiary/aromatic N) is 1. The molecule has 0 spiro atoms. The maximum atomic E-state index is 12.8. The summed E-state index contributed by atoms with van der Waals surface area (Å²) in [5.74, 6) is -0.511. The van der Waals surface area contributed by atoms with Crippen LogP contribution in [0.2, 0.25) is 5.02 Å². The first kappa shape index (κ1) is 20.1. The maximum absolute atomic E-state index is 12.8. The van der Waals surface area contributed by atoms with Crippen LogP contribution in [0.25, 0.3) is 0 Å². The van der Waals surface area contributed by atoms with Crippen molar-refractivity contribution in [2.24, 2.45) is 0 Å². The zero-order chi connectivity index (χ0) is 20.3. The number of piperazine rings is 1. The van der Waals surface area contributed by atoms with E-state index in [2.05, 4.69) is 10.6 Å². The van der Waals surface area contributed by atoms with E-state index in [1.165, 1.54) is 31.4 Å². The van der Waals surface area contributed by atoms with Gasteiger partial charge >= 0.3 is 0 Å². The lowest BCUT2D eigenvalue weighted by atomic mass is 10.2. The van der Waals surface area contributed by atoms with E-state index in [-0.39, 0.29) is 41.7 Å². The second-order valence-corrected chi connectivity index (χ2v) is 8.39. The molecule has 1 aliphatic heterocycles. The molecule has 2 amide bonds. The molecule has 0 atom stereocenters. The molecule has 1 aliphatic rings. The lowest BCUT2D eigenvalue weighted by molar-refractivity contribution is -0.122. The third kappa shape index (κ3) is 4.27. The number of amides is 2. The molecule has 8 nitrogen and oxygen atoms in total. The number of benzene rings is 2. The second-order valence-electron chi connectivity index (χ2n) is 6.02. The predicted molar refractivity (Wildman–Crippen MR) is 104 cm³/mol. The monoisotopic (exact) mass is 423 g/mol. The van der Waals surface area contributed by atoms with E-state index in [0.717, 1.165) is 4.31 Å². The van der Waals surface area contributed by atoms with E-state index < -0.39 is 15.9 Å². The van der Waals surface area contributed by atoms with Gasteiger partial charge < -0.3 is 15.4 Å². The third-order valence-electron chi connectivity index (χ3n) is 4.14. The van der Waals surface area contributed by atoms with Crippen molar-refractivity contribution in [2.45, 2.75) is 4.90 Å². The highest BCUT2D eigenvalue weighted by molar-refractivity contribution is 7.89. The van der Waals surface area contributed by atoms with Gasteiger partial charge in [0.2, 0.25) is 15.9 Å². The Morgan fingerprint density at radius 3 is 2.75 bits per heavy atom. The average molecular weight is 424 g/mol. The summed E-state index contributed by atoms with van der Waals surface area (Å²) in [5, 5.41) is 5.59. The molecule has 10 heteroatoms. The first-order valence-electron chi connectivity index (χ1n) is 8.33. The average Bonchev–Trinajstić information content (AvgIpc) is 2.68. The Morgan fingerprint density at radius 1 is 1.25 bits per heavy atom. The standard InChI is InChI=1S/C18H18ClN3O5S/c1-27-16-6-5-12(19)9-15(16)18(24)21-13-3-2-4-14(10-13)28(25,26)22-8-7-20-17(23)11-22/h2-6,9-10H,7-8,11H2,1H3,(H,20,23)(H,21,24). The lowest BCUT2D eigenvalue weighted by Crippen LogP contribution is -2.49. The molecule has 0 saturated carbocycles. The predicted octanol–water partition coefficient (Wildman–Crippen LogP) is 1.72. The summed E-state index contributed by atoms with van der Waals surface area (Å²) in [6.07, 6.45) is 0. The van der Waals surface area contributed by atoms with Crippen molar-refractivity contribution >= 4 is 39.1 Å². The van der Waals surface area contributed by atoms with Crippen molar-refractivity contribution in [3.63, 3.8) is 0 Å². The molecule has 0 bridgehead atoms. The van der Waals surface area contributed by atoms with Crippen LogP contribution in [0, 0.1) is 0 Å². The fraction of sp³-hybridized carbons (Fsp3) is 0.222. The number of hydrogen-bond acceptors (Lipinski definition) is 5. The fourth-order valence-electron chi connectivity index (χ4n) is 2.76. The number of ether oxygens (including phenoxy) is 1. The van der Waals surface area contributed by atoms with Crippen molar-refractivity contribution in [1.29, 1.82) is 0 Å². The van der Waals surface area contributed by atoms with Gasteiger partial charge in [-0.2, -0.15) is 4.31 Å². The SMILES string of the molecule is COc1ccc(Cl)cc1C(=O)Nc1cccc(S(=O)(=O)N2CCNC(=O)C2)c1. The maximum Gasteiger partial charge on any atom is 0.259 e. The number of nitrogens with one attached hydrogen (secondary N) is 2. The Labute approximate surface area is 167 Å². The van der Waals surface area contributed by atoms with Crippen LogP contribution in [0.15, 0.2) is 47.4 Å². The molecule has 2 aromatic carbocycles. The zero-order valence-corrected chi connectivity index (χ0v) is 16.5.